The van der Waals surface area contributed by atoms with Gasteiger partial charge >= 0.3 is 0 Å². The van der Waals surface area contributed by atoms with Crippen LogP contribution < -0.4 is 10.1 Å². The van der Waals surface area contributed by atoms with Crippen molar-refractivity contribution < 1.29 is 18.3 Å². The number of ether oxygens (including phenoxy) is 1. The second kappa shape index (κ2) is 7.56. The van der Waals surface area contributed by atoms with Gasteiger partial charge in [0.15, 0.2) is 11.6 Å². The van der Waals surface area contributed by atoms with Crippen molar-refractivity contribution in [2.75, 3.05) is 6.54 Å². The first-order valence-electron chi connectivity index (χ1n) is 8.64. The molecule has 1 N–H and O–H groups in total. The van der Waals surface area contributed by atoms with Gasteiger partial charge in [-0.1, -0.05) is 17.7 Å². The van der Waals surface area contributed by atoms with Gasteiger partial charge in [-0.2, -0.15) is 0 Å². The molecule has 1 amide bonds. The Morgan fingerprint density at radius 1 is 1.21 bits per heavy atom. The SMILES string of the molecule is O=C(NCC1Cc2cc(Cl)cc(-c3ccncc3)c2O1)c1cccc(F)c1F. The number of aromatic nitrogens is 1. The summed E-state index contributed by atoms with van der Waals surface area (Å²) < 4.78 is 33.1. The van der Waals surface area contributed by atoms with Crippen LogP contribution in [0, 0.1) is 11.6 Å². The summed E-state index contributed by atoms with van der Waals surface area (Å²) in [6, 6.07) is 10.9. The molecule has 1 aliphatic heterocycles. The Bertz CT molecular complexity index is 1040. The number of benzene rings is 2. The maximum atomic E-state index is 13.8. The minimum Gasteiger partial charge on any atom is -0.487 e. The van der Waals surface area contributed by atoms with Crippen molar-refractivity contribution in [3.05, 3.63) is 82.6 Å². The van der Waals surface area contributed by atoms with Crippen molar-refractivity contribution in [1.29, 1.82) is 0 Å². The molecule has 3 aromatic rings. The maximum Gasteiger partial charge on any atom is 0.254 e. The number of hydrogen-bond acceptors (Lipinski definition) is 3. The summed E-state index contributed by atoms with van der Waals surface area (Å²) in [5.41, 5.74) is 2.35. The predicted octanol–water partition coefficient (Wildman–Crippen LogP) is 4.41. The Morgan fingerprint density at radius 3 is 2.79 bits per heavy atom. The van der Waals surface area contributed by atoms with Crippen molar-refractivity contribution in [1.82, 2.24) is 10.3 Å². The van der Waals surface area contributed by atoms with Crippen LogP contribution in [0.2, 0.25) is 5.02 Å². The third-order valence-electron chi connectivity index (χ3n) is 4.54. The van der Waals surface area contributed by atoms with Crippen LogP contribution in [0.3, 0.4) is 0 Å². The van der Waals surface area contributed by atoms with Crippen LogP contribution in [0.25, 0.3) is 11.1 Å². The lowest BCUT2D eigenvalue weighted by atomic mass is 10.0. The highest BCUT2D eigenvalue weighted by atomic mass is 35.5. The first kappa shape index (κ1) is 18.4. The molecule has 1 unspecified atom stereocenters. The van der Waals surface area contributed by atoms with Crippen molar-refractivity contribution in [2.45, 2.75) is 12.5 Å². The van der Waals surface area contributed by atoms with Gasteiger partial charge in [0.1, 0.15) is 11.9 Å². The number of halogens is 3. The standard InChI is InChI=1S/C21H15ClF2N2O2/c22-14-8-13-9-15(11-26-21(27)16-2-1-3-18(23)19(16)24)28-20(13)17(10-14)12-4-6-25-7-5-12/h1-8,10,15H,9,11H2,(H,26,27). The van der Waals surface area contributed by atoms with Gasteiger partial charge in [0.05, 0.1) is 12.1 Å². The van der Waals surface area contributed by atoms with E-state index in [9.17, 15) is 13.6 Å². The summed E-state index contributed by atoms with van der Waals surface area (Å²) in [5, 5.41) is 3.19. The minimum atomic E-state index is -1.16. The highest BCUT2D eigenvalue weighted by Crippen LogP contribution is 2.40. The summed E-state index contributed by atoms with van der Waals surface area (Å²) in [5.74, 6) is -2.22. The van der Waals surface area contributed by atoms with E-state index in [1.165, 1.54) is 12.1 Å². The molecule has 4 nitrogen and oxygen atoms in total. The van der Waals surface area contributed by atoms with Crippen LogP contribution in [-0.2, 0) is 6.42 Å². The largest absolute Gasteiger partial charge is 0.487 e. The van der Waals surface area contributed by atoms with E-state index >= 15 is 0 Å². The first-order chi connectivity index (χ1) is 13.5. The van der Waals surface area contributed by atoms with E-state index in [2.05, 4.69) is 10.3 Å². The quantitative estimate of drug-likeness (QED) is 0.705. The summed E-state index contributed by atoms with van der Waals surface area (Å²) >= 11 is 6.25. The molecule has 0 bridgehead atoms. The molecule has 0 radical (unpaired) electrons. The fourth-order valence-electron chi connectivity index (χ4n) is 3.24. The number of amides is 1. The fourth-order valence-corrected chi connectivity index (χ4v) is 3.48. The molecule has 142 valence electrons. The Labute approximate surface area is 165 Å². The Kier molecular flexibility index (Phi) is 4.96. The third-order valence-corrected chi connectivity index (χ3v) is 4.76. The van der Waals surface area contributed by atoms with Crippen molar-refractivity contribution in [3.63, 3.8) is 0 Å². The normalized spacial score (nSPS) is 15.0. The molecule has 2 aromatic carbocycles. The molecule has 0 spiro atoms. The lowest BCUT2D eigenvalue weighted by Gasteiger charge is -2.14. The monoisotopic (exact) mass is 400 g/mol. The van der Waals surface area contributed by atoms with Gasteiger partial charge in [-0.25, -0.2) is 8.78 Å². The number of carbonyl (C=O) groups is 1. The van der Waals surface area contributed by atoms with Crippen LogP contribution in [0.5, 0.6) is 5.75 Å². The van der Waals surface area contributed by atoms with Crippen LogP contribution >= 0.6 is 11.6 Å². The summed E-state index contributed by atoms with van der Waals surface area (Å²) in [4.78, 5) is 16.2. The Balaban J connectivity index is 1.50. The van der Waals surface area contributed by atoms with Crippen molar-refractivity contribution >= 4 is 17.5 Å². The molecule has 0 fully saturated rings. The van der Waals surface area contributed by atoms with E-state index in [1.54, 1.807) is 12.4 Å². The summed E-state index contributed by atoms with van der Waals surface area (Å²) in [7, 11) is 0. The molecule has 1 aromatic heterocycles. The lowest BCUT2D eigenvalue weighted by Crippen LogP contribution is -2.35. The van der Waals surface area contributed by atoms with Gasteiger partial charge in [-0.15, -0.1) is 0 Å². The first-order valence-corrected chi connectivity index (χ1v) is 9.02. The second-order valence-electron chi connectivity index (χ2n) is 6.43. The van der Waals surface area contributed by atoms with E-state index in [1.807, 2.05) is 24.3 Å². The molecule has 0 saturated heterocycles. The zero-order valence-electron chi connectivity index (χ0n) is 14.6. The number of carbonyl (C=O) groups excluding carboxylic acids is 1. The van der Waals surface area contributed by atoms with Crippen molar-refractivity contribution in [2.24, 2.45) is 0 Å². The number of rotatable bonds is 4. The van der Waals surface area contributed by atoms with Gasteiger partial charge in [0.25, 0.3) is 5.91 Å². The number of nitrogens with one attached hydrogen (secondary N) is 1. The highest BCUT2D eigenvalue weighted by Gasteiger charge is 2.27. The smallest absolute Gasteiger partial charge is 0.254 e. The van der Waals surface area contributed by atoms with E-state index in [4.69, 9.17) is 16.3 Å². The molecular weight excluding hydrogens is 386 g/mol. The topological polar surface area (TPSA) is 51.2 Å². The molecule has 4 rings (SSSR count). The van der Waals surface area contributed by atoms with Crippen molar-refractivity contribution in [3.8, 4) is 16.9 Å². The van der Waals surface area contributed by atoms with Gasteiger partial charge < -0.3 is 10.1 Å². The van der Waals surface area contributed by atoms with Gasteiger partial charge in [-0.05, 0) is 42.0 Å². The zero-order chi connectivity index (χ0) is 19.7. The van der Waals surface area contributed by atoms with E-state index in [0.29, 0.717) is 17.2 Å². The molecule has 7 heteroatoms. The highest BCUT2D eigenvalue weighted by molar-refractivity contribution is 6.31. The number of pyridine rings is 1. The minimum absolute atomic E-state index is 0.150. The summed E-state index contributed by atoms with van der Waals surface area (Å²) in [6.45, 7) is 0.150. The van der Waals surface area contributed by atoms with Crippen LogP contribution in [0.15, 0.2) is 54.9 Å². The number of fused-ring (bicyclic) bond motifs is 1. The second-order valence-corrected chi connectivity index (χ2v) is 6.87. The van der Waals surface area contributed by atoms with E-state index < -0.39 is 17.5 Å². The lowest BCUT2D eigenvalue weighted by molar-refractivity contribution is 0.0928. The third kappa shape index (κ3) is 3.55. The maximum absolute atomic E-state index is 13.8. The van der Waals surface area contributed by atoms with E-state index in [0.717, 1.165) is 22.8 Å². The average Bonchev–Trinajstić information content (AvgIpc) is 3.11. The molecular formula is C21H15ClF2N2O2. The zero-order valence-corrected chi connectivity index (χ0v) is 15.3. The predicted molar refractivity (Wildman–Crippen MR) is 101 cm³/mol. The number of hydrogen-bond donors (Lipinski definition) is 1. The molecule has 28 heavy (non-hydrogen) atoms. The fraction of sp³-hybridized carbons (Fsp3) is 0.143. The molecule has 1 atom stereocenters. The molecule has 2 heterocycles. The molecule has 0 saturated carbocycles. The van der Waals surface area contributed by atoms with Gasteiger partial charge in [0.2, 0.25) is 0 Å². The summed E-state index contributed by atoms with van der Waals surface area (Å²) in [6.07, 6.45) is 3.57. The average molecular weight is 401 g/mol. The molecule has 0 aliphatic carbocycles. The van der Waals surface area contributed by atoms with Gasteiger partial charge in [-0.3, -0.25) is 9.78 Å². The van der Waals surface area contributed by atoms with Crippen LogP contribution in [0.1, 0.15) is 15.9 Å². The molecule has 1 aliphatic rings. The van der Waals surface area contributed by atoms with Crippen LogP contribution in [0.4, 0.5) is 8.78 Å². The van der Waals surface area contributed by atoms with Gasteiger partial charge in [0, 0.05) is 35.0 Å². The Morgan fingerprint density at radius 2 is 2.00 bits per heavy atom. The van der Waals surface area contributed by atoms with Crippen LogP contribution in [-0.4, -0.2) is 23.5 Å². The number of nitrogens with zero attached hydrogens (tertiary/aromatic N) is 1. The Hall–Kier alpha value is -2.99. The van der Waals surface area contributed by atoms with E-state index in [-0.39, 0.29) is 18.2 Å².